The average Bonchev–Trinajstić information content (AvgIpc) is 3.19. The highest BCUT2D eigenvalue weighted by atomic mass is 35.5. The van der Waals surface area contributed by atoms with Crippen LogP contribution in [0.5, 0.6) is 0 Å². The van der Waals surface area contributed by atoms with Gasteiger partial charge in [0.25, 0.3) is 5.91 Å². The number of carboxylic acid groups (broad SMARTS) is 1. The lowest BCUT2D eigenvalue weighted by atomic mass is 10.1. The van der Waals surface area contributed by atoms with Crippen LogP contribution in [-0.4, -0.2) is 26.8 Å². The number of allylic oxidation sites excluding steroid dienone is 2. The van der Waals surface area contributed by atoms with Crippen molar-refractivity contribution in [2.24, 2.45) is 0 Å². The van der Waals surface area contributed by atoms with Crippen molar-refractivity contribution < 1.29 is 14.7 Å². The number of rotatable bonds is 5. The molecule has 3 aromatic rings. The Morgan fingerprint density at radius 1 is 1.23 bits per heavy atom. The van der Waals surface area contributed by atoms with E-state index in [1.54, 1.807) is 29.0 Å². The number of anilines is 2. The lowest BCUT2D eigenvalue weighted by Crippen LogP contribution is -2.24. The predicted molar refractivity (Wildman–Crippen MR) is 120 cm³/mol. The van der Waals surface area contributed by atoms with E-state index < -0.39 is 17.9 Å². The van der Waals surface area contributed by atoms with E-state index in [2.05, 4.69) is 15.7 Å². The van der Waals surface area contributed by atoms with Gasteiger partial charge >= 0.3 is 5.97 Å². The van der Waals surface area contributed by atoms with Gasteiger partial charge in [0.15, 0.2) is 0 Å². The number of hydrogen-bond donors (Lipinski definition) is 3. The van der Waals surface area contributed by atoms with Gasteiger partial charge in [-0.2, -0.15) is 5.10 Å². The molecule has 1 aliphatic rings. The molecule has 4 rings (SSSR count). The first-order valence-corrected chi connectivity index (χ1v) is 9.90. The standard InChI is InChI=1S/C23H19ClN4O3/c1-14-7-9-16(11-19(14)24)26-22(29)18-13-25-28-17(10-8-15-5-3-2-4-6-15)12-20(23(30)31)27-21(18)28/h2-13,17,27H,1H3,(H,26,29)(H,30,31)/b10-8+. The molecule has 2 heterocycles. The van der Waals surface area contributed by atoms with E-state index in [9.17, 15) is 14.7 Å². The molecule has 0 radical (unpaired) electrons. The van der Waals surface area contributed by atoms with Gasteiger partial charge in [0, 0.05) is 10.7 Å². The van der Waals surface area contributed by atoms with Gasteiger partial charge in [0.2, 0.25) is 0 Å². The quantitative estimate of drug-likeness (QED) is 0.538. The summed E-state index contributed by atoms with van der Waals surface area (Å²) in [5.41, 5.74) is 2.60. The smallest absolute Gasteiger partial charge is 0.352 e. The zero-order valence-corrected chi connectivity index (χ0v) is 17.3. The summed E-state index contributed by atoms with van der Waals surface area (Å²) in [7, 11) is 0. The molecule has 1 atom stereocenters. The minimum absolute atomic E-state index is 0.0249. The van der Waals surface area contributed by atoms with Crippen LogP contribution in [0.3, 0.4) is 0 Å². The first kappa shape index (κ1) is 20.4. The number of halogens is 1. The molecule has 0 aliphatic carbocycles. The molecule has 1 aliphatic heterocycles. The molecule has 1 amide bonds. The van der Waals surface area contributed by atoms with E-state index in [4.69, 9.17) is 11.6 Å². The van der Waals surface area contributed by atoms with Gasteiger partial charge in [-0.3, -0.25) is 4.79 Å². The van der Waals surface area contributed by atoms with Crippen molar-refractivity contribution in [3.63, 3.8) is 0 Å². The number of hydrogen-bond acceptors (Lipinski definition) is 4. The highest BCUT2D eigenvalue weighted by Gasteiger charge is 2.27. The van der Waals surface area contributed by atoms with Crippen LogP contribution in [0, 0.1) is 6.92 Å². The van der Waals surface area contributed by atoms with Gasteiger partial charge in [-0.15, -0.1) is 0 Å². The zero-order valence-electron chi connectivity index (χ0n) is 16.5. The van der Waals surface area contributed by atoms with E-state index >= 15 is 0 Å². The summed E-state index contributed by atoms with van der Waals surface area (Å²) in [6, 6.07) is 14.4. The largest absolute Gasteiger partial charge is 0.477 e. The van der Waals surface area contributed by atoms with Gasteiger partial charge in [-0.05, 0) is 36.3 Å². The third-order valence-electron chi connectivity index (χ3n) is 4.86. The van der Waals surface area contributed by atoms with Crippen molar-refractivity contribution in [2.45, 2.75) is 13.0 Å². The molecule has 0 fully saturated rings. The van der Waals surface area contributed by atoms with Crippen molar-refractivity contribution in [2.75, 3.05) is 10.6 Å². The second-order valence-electron chi connectivity index (χ2n) is 7.04. The molecule has 1 aromatic heterocycles. The van der Waals surface area contributed by atoms with E-state index in [0.29, 0.717) is 16.5 Å². The lowest BCUT2D eigenvalue weighted by molar-refractivity contribution is -0.132. The number of aliphatic carboxylic acids is 1. The number of aromatic nitrogens is 2. The molecule has 7 nitrogen and oxygen atoms in total. The van der Waals surface area contributed by atoms with Crippen LogP contribution in [0.25, 0.3) is 6.08 Å². The number of amides is 1. The normalized spacial score (nSPS) is 15.2. The van der Waals surface area contributed by atoms with Crippen molar-refractivity contribution >= 4 is 41.1 Å². The third kappa shape index (κ3) is 4.36. The first-order chi connectivity index (χ1) is 14.9. The van der Waals surface area contributed by atoms with Crippen LogP contribution in [-0.2, 0) is 4.79 Å². The lowest BCUT2D eigenvalue weighted by Gasteiger charge is -2.22. The predicted octanol–water partition coefficient (Wildman–Crippen LogP) is 4.75. The fraction of sp³-hybridized carbons (Fsp3) is 0.0870. The summed E-state index contributed by atoms with van der Waals surface area (Å²) in [5, 5.41) is 20.0. The molecule has 0 saturated heterocycles. The van der Waals surface area contributed by atoms with Crippen molar-refractivity contribution in [1.29, 1.82) is 0 Å². The number of carbonyl (C=O) groups excluding carboxylic acids is 1. The van der Waals surface area contributed by atoms with Crippen molar-refractivity contribution in [1.82, 2.24) is 9.78 Å². The molecule has 156 valence electrons. The highest BCUT2D eigenvalue weighted by molar-refractivity contribution is 6.31. The number of fused-ring (bicyclic) bond motifs is 1. The van der Waals surface area contributed by atoms with Gasteiger partial charge < -0.3 is 15.7 Å². The Kier molecular flexibility index (Phi) is 5.60. The Hall–Kier alpha value is -3.84. The van der Waals surface area contributed by atoms with E-state index in [1.807, 2.05) is 49.4 Å². The molecule has 3 N–H and O–H groups in total. The topological polar surface area (TPSA) is 96.3 Å². The first-order valence-electron chi connectivity index (χ1n) is 9.53. The fourth-order valence-corrected chi connectivity index (χ4v) is 3.37. The summed E-state index contributed by atoms with van der Waals surface area (Å²) >= 11 is 6.14. The second kappa shape index (κ2) is 8.49. The Labute approximate surface area is 183 Å². The molecular weight excluding hydrogens is 416 g/mol. The van der Waals surface area contributed by atoms with Crippen LogP contribution < -0.4 is 10.6 Å². The fourth-order valence-electron chi connectivity index (χ4n) is 3.19. The van der Waals surface area contributed by atoms with Crippen LogP contribution in [0.1, 0.15) is 27.5 Å². The van der Waals surface area contributed by atoms with Gasteiger partial charge in [-0.25, -0.2) is 9.48 Å². The van der Waals surface area contributed by atoms with Crippen LogP contribution in [0.4, 0.5) is 11.5 Å². The third-order valence-corrected chi connectivity index (χ3v) is 5.27. The minimum atomic E-state index is -1.12. The maximum Gasteiger partial charge on any atom is 0.352 e. The number of nitrogens with zero attached hydrogens (tertiary/aromatic N) is 2. The Morgan fingerprint density at radius 2 is 2.00 bits per heavy atom. The molecular formula is C23H19ClN4O3. The molecule has 0 bridgehead atoms. The van der Waals surface area contributed by atoms with Crippen molar-refractivity contribution in [3.05, 3.63) is 94.3 Å². The van der Waals surface area contributed by atoms with Gasteiger partial charge in [0.05, 0.1) is 12.2 Å². The molecule has 0 spiro atoms. The number of benzene rings is 2. The van der Waals surface area contributed by atoms with E-state index in [1.165, 1.54) is 6.20 Å². The Balaban J connectivity index is 1.64. The van der Waals surface area contributed by atoms with E-state index in [0.717, 1.165) is 11.1 Å². The Morgan fingerprint density at radius 3 is 2.71 bits per heavy atom. The summed E-state index contributed by atoms with van der Waals surface area (Å²) in [5.74, 6) is -1.24. The van der Waals surface area contributed by atoms with Gasteiger partial charge in [0.1, 0.15) is 17.1 Å². The van der Waals surface area contributed by atoms with Crippen LogP contribution in [0.2, 0.25) is 5.02 Å². The summed E-state index contributed by atoms with van der Waals surface area (Å²) in [6.45, 7) is 1.87. The highest BCUT2D eigenvalue weighted by Crippen LogP contribution is 2.30. The summed E-state index contributed by atoms with van der Waals surface area (Å²) in [4.78, 5) is 24.5. The molecule has 2 aromatic carbocycles. The van der Waals surface area contributed by atoms with Gasteiger partial charge in [-0.1, -0.05) is 60.2 Å². The summed E-state index contributed by atoms with van der Waals surface area (Å²) in [6.07, 6.45) is 6.67. The van der Waals surface area contributed by atoms with E-state index in [-0.39, 0.29) is 11.3 Å². The number of carbonyl (C=O) groups is 2. The number of aryl methyl sites for hydroxylation is 1. The SMILES string of the molecule is Cc1ccc(NC(=O)c2cnn3c2NC(C(=O)O)=CC3/C=C/c2ccccc2)cc1Cl. The maximum atomic E-state index is 12.9. The second-order valence-corrected chi connectivity index (χ2v) is 7.45. The Bertz CT molecular complexity index is 1210. The molecule has 0 saturated carbocycles. The average molecular weight is 435 g/mol. The minimum Gasteiger partial charge on any atom is -0.477 e. The number of nitrogens with one attached hydrogen (secondary N) is 2. The number of carboxylic acids is 1. The zero-order chi connectivity index (χ0) is 22.0. The van der Waals surface area contributed by atoms with Crippen LogP contribution >= 0.6 is 11.6 Å². The maximum absolute atomic E-state index is 12.9. The molecule has 1 unspecified atom stereocenters. The van der Waals surface area contributed by atoms with Crippen molar-refractivity contribution in [3.8, 4) is 0 Å². The molecule has 8 heteroatoms. The summed E-state index contributed by atoms with van der Waals surface area (Å²) < 4.78 is 1.57. The van der Waals surface area contributed by atoms with Crippen LogP contribution in [0.15, 0.2) is 72.6 Å². The monoisotopic (exact) mass is 434 g/mol. The molecule has 31 heavy (non-hydrogen) atoms.